The SMILES string of the molecule is CC1CC(C)CN(C(=O)COc2cc(=O)n(C)c3ccccc23)C1. The summed E-state index contributed by atoms with van der Waals surface area (Å²) in [6.07, 6.45) is 1.16. The predicted octanol–water partition coefficient (Wildman–Crippen LogP) is 2.42. The van der Waals surface area contributed by atoms with Gasteiger partial charge in [-0.15, -0.1) is 0 Å². The number of hydrogen-bond acceptors (Lipinski definition) is 3. The monoisotopic (exact) mass is 328 g/mol. The molecule has 24 heavy (non-hydrogen) atoms. The van der Waals surface area contributed by atoms with E-state index in [0.29, 0.717) is 17.6 Å². The van der Waals surface area contributed by atoms with Gasteiger partial charge in [0.05, 0.1) is 5.52 Å². The normalized spacial score (nSPS) is 21.0. The number of likely N-dealkylation sites (tertiary alicyclic amines) is 1. The fourth-order valence-corrected chi connectivity index (χ4v) is 3.60. The van der Waals surface area contributed by atoms with E-state index < -0.39 is 0 Å². The van der Waals surface area contributed by atoms with Crippen LogP contribution in [0.1, 0.15) is 20.3 Å². The van der Waals surface area contributed by atoms with Gasteiger partial charge in [-0.2, -0.15) is 0 Å². The molecule has 1 aromatic carbocycles. The largest absolute Gasteiger partial charge is 0.483 e. The van der Waals surface area contributed by atoms with Crippen LogP contribution < -0.4 is 10.3 Å². The Morgan fingerprint density at radius 2 is 1.88 bits per heavy atom. The van der Waals surface area contributed by atoms with Crippen LogP contribution in [0.3, 0.4) is 0 Å². The van der Waals surface area contributed by atoms with Crippen molar-refractivity contribution in [1.29, 1.82) is 0 Å². The van der Waals surface area contributed by atoms with Gasteiger partial charge in [0.15, 0.2) is 6.61 Å². The van der Waals surface area contributed by atoms with Gasteiger partial charge < -0.3 is 14.2 Å². The average molecular weight is 328 g/mol. The van der Waals surface area contributed by atoms with Crippen LogP contribution in [0.2, 0.25) is 0 Å². The van der Waals surface area contributed by atoms with Gasteiger partial charge in [-0.1, -0.05) is 26.0 Å². The number of para-hydroxylation sites is 1. The third-order valence-electron chi connectivity index (χ3n) is 4.69. The molecule has 3 rings (SSSR count). The molecular formula is C19H24N2O3. The van der Waals surface area contributed by atoms with Gasteiger partial charge in [0.2, 0.25) is 0 Å². The zero-order chi connectivity index (χ0) is 17.3. The summed E-state index contributed by atoms with van der Waals surface area (Å²) in [6, 6.07) is 9.01. The van der Waals surface area contributed by atoms with Crippen molar-refractivity contribution in [2.24, 2.45) is 18.9 Å². The van der Waals surface area contributed by atoms with Crippen molar-refractivity contribution in [3.8, 4) is 5.75 Å². The van der Waals surface area contributed by atoms with Crippen LogP contribution in [-0.2, 0) is 11.8 Å². The molecule has 5 heteroatoms. The lowest BCUT2D eigenvalue weighted by molar-refractivity contribution is -0.136. The molecule has 128 valence electrons. The van der Waals surface area contributed by atoms with Crippen LogP contribution in [0.4, 0.5) is 0 Å². The number of ether oxygens (including phenoxy) is 1. The first kappa shape index (κ1) is 16.6. The van der Waals surface area contributed by atoms with Crippen molar-refractivity contribution in [3.05, 3.63) is 40.7 Å². The Kier molecular flexibility index (Phi) is 4.60. The van der Waals surface area contributed by atoms with Crippen molar-refractivity contribution in [2.75, 3.05) is 19.7 Å². The molecule has 2 atom stereocenters. The Bertz CT molecular complexity index is 802. The molecular weight excluding hydrogens is 304 g/mol. The molecule has 0 radical (unpaired) electrons. The molecule has 2 unspecified atom stereocenters. The zero-order valence-electron chi connectivity index (χ0n) is 14.5. The number of carbonyl (C=O) groups is 1. The Morgan fingerprint density at radius 3 is 2.58 bits per heavy atom. The fraction of sp³-hybridized carbons (Fsp3) is 0.474. The number of nitrogens with zero attached hydrogens (tertiary/aromatic N) is 2. The maximum atomic E-state index is 12.5. The van der Waals surface area contributed by atoms with Crippen LogP contribution >= 0.6 is 0 Å². The van der Waals surface area contributed by atoms with Crippen molar-refractivity contribution >= 4 is 16.8 Å². The second-order valence-electron chi connectivity index (χ2n) is 6.96. The molecule has 1 amide bonds. The molecule has 0 aliphatic carbocycles. The number of piperidine rings is 1. The van der Waals surface area contributed by atoms with E-state index in [-0.39, 0.29) is 18.1 Å². The molecule has 2 aromatic rings. The van der Waals surface area contributed by atoms with Crippen LogP contribution in [0.5, 0.6) is 5.75 Å². The van der Waals surface area contributed by atoms with Crippen LogP contribution in [-0.4, -0.2) is 35.1 Å². The van der Waals surface area contributed by atoms with E-state index in [4.69, 9.17) is 4.74 Å². The number of aryl methyl sites for hydroxylation is 1. The van der Waals surface area contributed by atoms with Crippen molar-refractivity contribution in [1.82, 2.24) is 9.47 Å². The Labute approximate surface area is 141 Å². The van der Waals surface area contributed by atoms with Gasteiger partial charge in [-0.05, 0) is 30.4 Å². The number of carbonyl (C=O) groups excluding carboxylic acids is 1. The van der Waals surface area contributed by atoms with E-state index >= 15 is 0 Å². The number of amides is 1. The number of benzene rings is 1. The van der Waals surface area contributed by atoms with Gasteiger partial charge in [0, 0.05) is 31.6 Å². The van der Waals surface area contributed by atoms with E-state index in [2.05, 4.69) is 13.8 Å². The predicted molar refractivity (Wildman–Crippen MR) is 94.2 cm³/mol. The number of hydrogen-bond donors (Lipinski definition) is 0. The maximum absolute atomic E-state index is 12.5. The van der Waals surface area contributed by atoms with Gasteiger partial charge in [-0.25, -0.2) is 0 Å². The molecule has 1 aliphatic rings. The van der Waals surface area contributed by atoms with Gasteiger partial charge in [0.25, 0.3) is 11.5 Å². The molecule has 1 aromatic heterocycles. The first-order valence-corrected chi connectivity index (χ1v) is 8.45. The van der Waals surface area contributed by atoms with E-state index in [1.807, 2.05) is 29.2 Å². The third-order valence-corrected chi connectivity index (χ3v) is 4.69. The number of aromatic nitrogens is 1. The van der Waals surface area contributed by atoms with Crippen molar-refractivity contribution in [2.45, 2.75) is 20.3 Å². The molecule has 5 nitrogen and oxygen atoms in total. The lowest BCUT2D eigenvalue weighted by atomic mass is 9.92. The minimum Gasteiger partial charge on any atom is -0.483 e. The highest BCUT2D eigenvalue weighted by atomic mass is 16.5. The minimum atomic E-state index is -0.142. The molecule has 1 saturated heterocycles. The Balaban J connectivity index is 1.77. The Hall–Kier alpha value is -2.30. The standard InChI is InChI=1S/C19H24N2O3/c1-13-8-14(2)11-21(10-13)19(23)12-24-17-9-18(22)20(3)16-7-5-4-6-15(16)17/h4-7,9,13-14H,8,10-12H2,1-3H3. The molecule has 2 heterocycles. The number of fused-ring (bicyclic) bond motifs is 1. The maximum Gasteiger partial charge on any atom is 0.260 e. The summed E-state index contributed by atoms with van der Waals surface area (Å²) < 4.78 is 7.32. The van der Waals surface area contributed by atoms with E-state index in [9.17, 15) is 9.59 Å². The topological polar surface area (TPSA) is 51.5 Å². The zero-order valence-corrected chi connectivity index (χ0v) is 14.5. The second kappa shape index (κ2) is 6.67. The highest BCUT2D eigenvalue weighted by molar-refractivity contribution is 5.86. The summed E-state index contributed by atoms with van der Waals surface area (Å²) >= 11 is 0. The summed E-state index contributed by atoms with van der Waals surface area (Å²) in [5, 5.41) is 0.841. The lowest BCUT2D eigenvalue weighted by Crippen LogP contribution is -2.44. The third kappa shape index (κ3) is 3.30. The quantitative estimate of drug-likeness (QED) is 0.869. The summed E-state index contributed by atoms with van der Waals surface area (Å²) in [5.41, 5.74) is 0.657. The van der Waals surface area contributed by atoms with Crippen molar-refractivity contribution in [3.63, 3.8) is 0 Å². The fourth-order valence-electron chi connectivity index (χ4n) is 3.60. The van der Waals surface area contributed by atoms with E-state index in [1.54, 1.807) is 11.6 Å². The first-order valence-electron chi connectivity index (χ1n) is 8.45. The van der Waals surface area contributed by atoms with Crippen LogP contribution in [0, 0.1) is 11.8 Å². The highest BCUT2D eigenvalue weighted by Crippen LogP contribution is 2.24. The molecule has 1 aliphatic heterocycles. The van der Waals surface area contributed by atoms with Gasteiger partial charge in [-0.3, -0.25) is 9.59 Å². The summed E-state index contributed by atoms with van der Waals surface area (Å²) in [7, 11) is 1.73. The van der Waals surface area contributed by atoms with Crippen LogP contribution in [0.25, 0.3) is 10.9 Å². The average Bonchev–Trinajstić information content (AvgIpc) is 2.55. The minimum absolute atomic E-state index is 0.0156. The summed E-state index contributed by atoms with van der Waals surface area (Å²) in [4.78, 5) is 26.4. The Morgan fingerprint density at radius 1 is 1.21 bits per heavy atom. The second-order valence-corrected chi connectivity index (χ2v) is 6.96. The highest BCUT2D eigenvalue weighted by Gasteiger charge is 2.25. The first-order chi connectivity index (χ1) is 11.5. The van der Waals surface area contributed by atoms with Gasteiger partial charge >= 0.3 is 0 Å². The molecule has 1 fully saturated rings. The molecule has 0 saturated carbocycles. The molecule has 0 spiro atoms. The molecule has 0 bridgehead atoms. The number of rotatable bonds is 3. The number of pyridine rings is 1. The van der Waals surface area contributed by atoms with Gasteiger partial charge in [0.1, 0.15) is 5.75 Å². The van der Waals surface area contributed by atoms with E-state index in [1.165, 1.54) is 6.07 Å². The van der Waals surface area contributed by atoms with E-state index in [0.717, 1.165) is 30.4 Å². The van der Waals surface area contributed by atoms with Crippen molar-refractivity contribution < 1.29 is 9.53 Å². The summed E-state index contributed by atoms with van der Waals surface area (Å²) in [6.45, 7) is 5.88. The van der Waals surface area contributed by atoms with Crippen LogP contribution in [0.15, 0.2) is 35.1 Å². The smallest absolute Gasteiger partial charge is 0.260 e. The summed E-state index contributed by atoms with van der Waals surface area (Å²) in [5.74, 6) is 1.49. The lowest BCUT2D eigenvalue weighted by Gasteiger charge is -2.34. The molecule has 0 N–H and O–H groups in total.